The highest BCUT2D eigenvalue weighted by Gasteiger charge is 2.31. The van der Waals surface area contributed by atoms with Crippen molar-refractivity contribution in [1.29, 1.82) is 0 Å². The zero-order valence-electron chi connectivity index (χ0n) is 10.4. The summed E-state index contributed by atoms with van der Waals surface area (Å²) in [7, 11) is 0. The maximum Gasteiger partial charge on any atom is 0.283 e. The van der Waals surface area contributed by atoms with Gasteiger partial charge in [-0.1, -0.05) is 0 Å². The molecule has 110 valence electrons. The van der Waals surface area contributed by atoms with Crippen molar-refractivity contribution in [2.75, 3.05) is 19.8 Å². The molecule has 0 aliphatic rings. The van der Waals surface area contributed by atoms with E-state index >= 15 is 0 Å². The molecule has 0 amide bonds. The summed E-state index contributed by atoms with van der Waals surface area (Å²) in [5.41, 5.74) is -1.22. The second kappa shape index (κ2) is 6.89. The van der Waals surface area contributed by atoms with E-state index in [1.165, 1.54) is 0 Å². The third-order valence-electron chi connectivity index (χ3n) is 2.91. The van der Waals surface area contributed by atoms with E-state index in [1.54, 1.807) is 0 Å². The van der Waals surface area contributed by atoms with E-state index in [0.29, 0.717) is 0 Å². The van der Waals surface area contributed by atoms with Gasteiger partial charge in [-0.25, -0.2) is 0 Å². The minimum absolute atomic E-state index is 0.00838. The highest BCUT2D eigenvalue weighted by Crippen LogP contribution is 2.36. The van der Waals surface area contributed by atoms with Gasteiger partial charge >= 0.3 is 0 Å². The first kappa shape index (κ1) is 16.0. The van der Waals surface area contributed by atoms with Crippen LogP contribution < -0.4 is 0 Å². The zero-order valence-corrected chi connectivity index (χ0v) is 10.4. The first-order valence-electron chi connectivity index (χ1n) is 5.75. The molecule has 0 aliphatic carbocycles. The van der Waals surface area contributed by atoms with Crippen LogP contribution in [0.15, 0.2) is 12.1 Å². The van der Waals surface area contributed by atoms with E-state index in [1.807, 2.05) is 0 Å². The van der Waals surface area contributed by atoms with Crippen LogP contribution in [0.2, 0.25) is 0 Å². The molecule has 3 N–H and O–H groups in total. The molecule has 9 heteroatoms. The molecule has 1 aromatic carbocycles. The van der Waals surface area contributed by atoms with Crippen molar-refractivity contribution in [3.8, 4) is 0 Å². The van der Waals surface area contributed by atoms with Gasteiger partial charge in [-0.3, -0.25) is 20.2 Å². The van der Waals surface area contributed by atoms with Crippen LogP contribution >= 0.6 is 0 Å². The van der Waals surface area contributed by atoms with Gasteiger partial charge in [-0.05, 0) is 6.07 Å². The number of aliphatic hydroxyl groups is 3. The third-order valence-corrected chi connectivity index (χ3v) is 2.91. The summed E-state index contributed by atoms with van der Waals surface area (Å²) in [6.45, 7) is -1.56. The first-order chi connectivity index (χ1) is 9.47. The normalized spacial score (nSPS) is 10.8. The average Bonchev–Trinajstić information content (AvgIpc) is 2.39. The highest BCUT2D eigenvalue weighted by molar-refractivity contribution is 5.59. The van der Waals surface area contributed by atoms with E-state index < -0.39 is 47.0 Å². The molecular weight excluding hydrogens is 272 g/mol. The Morgan fingerprint density at radius 3 is 2.05 bits per heavy atom. The van der Waals surface area contributed by atoms with Gasteiger partial charge in [0.05, 0.1) is 23.1 Å². The first-order valence-corrected chi connectivity index (χ1v) is 5.75. The van der Waals surface area contributed by atoms with Crippen LogP contribution in [0.5, 0.6) is 0 Å². The van der Waals surface area contributed by atoms with E-state index in [2.05, 4.69) is 0 Å². The number of hydrogen-bond donors (Lipinski definition) is 3. The molecule has 0 heterocycles. The number of benzene rings is 1. The van der Waals surface area contributed by atoms with Crippen molar-refractivity contribution < 1.29 is 25.2 Å². The van der Waals surface area contributed by atoms with Crippen molar-refractivity contribution in [1.82, 2.24) is 0 Å². The Balaban J connectivity index is 3.59. The zero-order chi connectivity index (χ0) is 15.3. The van der Waals surface area contributed by atoms with Gasteiger partial charge in [-0.15, -0.1) is 0 Å². The summed E-state index contributed by atoms with van der Waals surface area (Å²) in [6, 6.07) is 2.22. The van der Waals surface area contributed by atoms with Gasteiger partial charge in [0.25, 0.3) is 11.4 Å². The lowest BCUT2D eigenvalue weighted by Crippen LogP contribution is -2.14. The fourth-order valence-corrected chi connectivity index (χ4v) is 1.97. The largest absolute Gasteiger partial charge is 0.396 e. The molecule has 0 bridgehead atoms. The van der Waals surface area contributed by atoms with Gasteiger partial charge in [0.1, 0.15) is 5.56 Å². The van der Waals surface area contributed by atoms with E-state index in [9.17, 15) is 20.2 Å². The molecule has 0 aromatic heterocycles. The Morgan fingerprint density at radius 2 is 1.65 bits per heavy atom. The summed E-state index contributed by atoms with van der Waals surface area (Å²) >= 11 is 0. The van der Waals surface area contributed by atoms with Crippen molar-refractivity contribution in [2.45, 2.75) is 12.3 Å². The standard InChI is InChI=1S/C11H14N2O7/c14-4-3-9-10(12(17)18)2-1-8(7(5-15)6-16)11(9)13(19)20/h1-2,7,14-16H,3-6H2. The highest BCUT2D eigenvalue weighted by atomic mass is 16.6. The van der Waals surface area contributed by atoms with E-state index in [4.69, 9.17) is 15.3 Å². The lowest BCUT2D eigenvalue weighted by molar-refractivity contribution is -0.396. The smallest absolute Gasteiger partial charge is 0.283 e. The minimum Gasteiger partial charge on any atom is -0.396 e. The predicted octanol–water partition coefficient (Wildman–Crippen LogP) is 0.106. The minimum atomic E-state index is -0.909. The van der Waals surface area contributed by atoms with Crippen LogP contribution in [-0.2, 0) is 6.42 Å². The average molecular weight is 286 g/mol. The van der Waals surface area contributed by atoms with Crippen LogP contribution in [0.25, 0.3) is 0 Å². The van der Waals surface area contributed by atoms with Crippen LogP contribution in [0, 0.1) is 20.2 Å². The molecule has 1 rings (SSSR count). The third kappa shape index (κ3) is 3.07. The summed E-state index contributed by atoms with van der Waals surface area (Å²) in [4.78, 5) is 20.5. The van der Waals surface area contributed by atoms with Gasteiger partial charge in [0.2, 0.25) is 0 Å². The second-order valence-electron chi connectivity index (χ2n) is 4.05. The van der Waals surface area contributed by atoms with E-state index in [-0.39, 0.29) is 17.5 Å². The van der Waals surface area contributed by atoms with Gasteiger partial charge < -0.3 is 15.3 Å². The quantitative estimate of drug-likeness (QED) is 0.475. The molecule has 1 aromatic rings. The number of hydrogen-bond acceptors (Lipinski definition) is 7. The predicted molar refractivity (Wildman–Crippen MR) is 67.5 cm³/mol. The van der Waals surface area contributed by atoms with Crippen molar-refractivity contribution >= 4 is 11.4 Å². The van der Waals surface area contributed by atoms with Gasteiger partial charge in [-0.2, -0.15) is 0 Å². The second-order valence-corrected chi connectivity index (χ2v) is 4.05. The molecule has 0 aliphatic heterocycles. The Morgan fingerprint density at radius 1 is 1.05 bits per heavy atom. The number of rotatable bonds is 7. The SMILES string of the molecule is O=[N+]([O-])c1ccc(C(CO)CO)c([N+](=O)[O-])c1CCO. The summed E-state index contributed by atoms with van der Waals surface area (Å²) < 4.78 is 0. The van der Waals surface area contributed by atoms with E-state index in [0.717, 1.165) is 12.1 Å². The molecule has 0 saturated carbocycles. The summed E-state index contributed by atoms with van der Waals surface area (Å²) in [6.07, 6.45) is -0.260. The van der Waals surface area contributed by atoms with Crippen LogP contribution in [0.4, 0.5) is 11.4 Å². The molecule has 0 spiro atoms. The molecule has 20 heavy (non-hydrogen) atoms. The van der Waals surface area contributed by atoms with Crippen molar-refractivity contribution in [3.63, 3.8) is 0 Å². The molecular formula is C11H14N2O7. The lowest BCUT2D eigenvalue weighted by Gasteiger charge is -2.14. The Hall–Kier alpha value is -2.10. The van der Waals surface area contributed by atoms with Crippen LogP contribution in [-0.4, -0.2) is 45.0 Å². The Bertz CT molecular complexity index is 514. The maximum absolute atomic E-state index is 11.2. The molecule has 0 unspecified atom stereocenters. The molecule has 0 saturated heterocycles. The number of aliphatic hydroxyl groups excluding tert-OH is 3. The maximum atomic E-state index is 11.2. The number of nitro groups is 2. The number of nitro benzene ring substituents is 2. The summed E-state index contributed by atoms with van der Waals surface area (Å²) in [5, 5.41) is 49.2. The molecule has 0 atom stereocenters. The van der Waals surface area contributed by atoms with Gasteiger partial charge in [0.15, 0.2) is 0 Å². The van der Waals surface area contributed by atoms with Crippen molar-refractivity contribution in [3.05, 3.63) is 43.5 Å². The summed E-state index contributed by atoms with van der Waals surface area (Å²) in [5.74, 6) is -0.909. The Kier molecular flexibility index (Phi) is 5.50. The van der Waals surface area contributed by atoms with Crippen LogP contribution in [0.1, 0.15) is 17.0 Å². The van der Waals surface area contributed by atoms with Crippen molar-refractivity contribution in [2.24, 2.45) is 0 Å². The fraction of sp³-hybridized carbons (Fsp3) is 0.455. The van der Waals surface area contributed by atoms with Gasteiger partial charge in [0, 0.05) is 30.6 Å². The molecule has 0 radical (unpaired) electrons. The molecule has 0 fully saturated rings. The topological polar surface area (TPSA) is 147 Å². The van der Waals surface area contributed by atoms with Crippen LogP contribution in [0.3, 0.4) is 0 Å². The molecule has 9 nitrogen and oxygen atoms in total. The Labute approximate surface area is 113 Å². The monoisotopic (exact) mass is 286 g/mol. The lowest BCUT2D eigenvalue weighted by atomic mass is 9.94. The fourth-order valence-electron chi connectivity index (χ4n) is 1.97. The number of nitrogens with zero attached hydrogens (tertiary/aromatic N) is 2.